The number of aromatic nitrogens is 4. The fraction of sp³-hybridized carbons (Fsp3) is 0.167. The van der Waals surface area contributed by atoms with E-state index in [1.165, 1.54) is 11.3 Å². The summed E-state index contributed by atoms with van der Waals surface area (Å²) >= 11 is 1.51. The Bertz CT molecular complexity index is 1420. The standard InChI is InChI=1S/C24H22N6OS/c1-3-30(4-2)24(31)21-12-15-5-6-16(13-20(15)32-21)23-25-10-9-22(28-23)27-18-7-8-19-17(11-18)14-26-29-19/h5-14H,3-4H2,1-2H3,(H,26,29)(H,25,27,28). The third kappa shape index (κ3) is 3.80. The number of carbonyl (C=O) groups excluding carboxylic acids is 1. The monoisotopic (exact) mass is 442 g/mol. The number of nitrogens with one attached hydrogen (secondary N) is 2. The summed E-state index contributed by atoms with van der Waals surface area (Å²) in [6, 6.07) is 15.9. The second kappa shape index (κ2) is 8.39. The topological polar surface area (TPSA) is 86.8 Å². The smallest absolute Gasteiger partial charge is 0.263 e. The quantitative estimate of drug-likeness (QED) is 0.365. The van der Waals surface area contributed by atoms with Gasteiger partial charge in [-0.3, -0.25) is 9.89 Å². The number of fused-ring (bicyclic) bond motifs is 2. The molecule has 0 saturated heterocycles. The lowest BCUT2D eigenvalue weighted by Gasteiger charge is -2.17. The Morgan fingerprint density at radius 2 is 1.94 bits per heavy atom. The summed E-state index contributed by atoms with van der Waals surface area (Å²) in [5.74, 6) is 1.42. The number of carbonyl (C=O) groups is 1. The number of thiophene rings is 1. The third-order valence-corrected chi connectivity index (χ3v) is 6.49. The molecule has 0 atom stereocenters. The molecule has 7 nitrogen and oxygen atoms in total. The molecule has 0 bridgehead atoms. The summed E-state index contributed by atoms with van der Waals surface area (Å²) in [7, 11) is 0. The fourth-order valence-electron chi connectivity index (χ4n) is 3.68. The van der Waals surface area contributed by atoms with E-state index in [-0.39, 0.29) is 5.91 Å². The first kappa shape index (κ1) is 20.1. The van der Waals surface area contributed by atoms with Gasteiger partial charge in [-0.05, 0) is 55.6 Å². The van der Waals surface area contributed by atoms with Crippen LogP contribution in [0.4, 0.5) is 11.5 Å². The van der Waals surface area contributed by atoms with Crippen LogP contribution in [0.1, 0.15) is 23.5 Å². The molecule has 0 fully saturated rings. The molecular weight excluding hydrogens is 420 g/mol. The van der Waals surface area contributed by atoms with Crippen LogP contribution in [0.2, 0.25) is 0 Å². The fourth-order valence-corrected chi connectivity index (χ4v) is 4.75. The minimum Gasteiger partial charge on any atom is -0.340 e. The highest BCUT2D eigenvalue weighted by molar-refractivity contribution is 7.20. The van der Waals surface area contributed by atoms with E-state index in [1.54, 1.807) is 12.4 Å². The summed E-state index contributed by atoms with van der Waals surface area (Å²) in [6.07, 6.45) is 3.54. The SMILES string of the molecule is CCN(CC)C(=O)c1cc2ccc(-c3nccc(Nc4ccc5[nH]ncc5c4)n3)cc2s1. The van der Waals surface area contributed by atoms with E-state index < -0.39 is 0 Å². The average Bonchev–Trinajstić information content (AvgIpc) is 3.46. The second-order valence-corrected chi connectivity index (χ2v) is 8.49. The first-order valence-corrected chi connectivity index (χ1v) is 11.3. The van der Waals surface area contributed by atoms with E-state index in [0.29, 0.717) is 24.7 Å². The van der Waals surface area contributed by atoms with Crippen molar-refractivity contribution in [2.45, 2.75) is 13.8 Å². The van der Waals surface area contributed by atoms with Crippen molar-refractivity contribution in [1.82, 2.24) is 25.1 Å². The minimum absolute atomic E-state index is 0.0785. The van der Waals surface area contributed by atoms with Gasteiger partial charge in [0.25, 0.3) is 5.91 Å². The van der Waals surface area contributed by atoms with Gasteiger partial charge in [-0.1, -0.05) is 12.1 Å². The first-order valence-electron chi connectivity index (χ1n) is 10.5. The molecule has 3 heterocycles. The number of hydrogen-bond donors (Lipinski definition) is 2. The molecular formula is C24H22N6OS. The van der Waals surface area contributed by atoms with Gasteiger partial charge in [-0.2, -0.15) is 5.10 Å². The Labute approximate surface area is 189 Å². The van der Waals surface area contributed by atoms with E-state index in [0.717, 1.165) is 37.1 Å². The van der Waals surface area contributed by atoms with Crippen LogP contribution < -0.4 is 5.32 Å². The molecule has 0 aliphatic carbocycles. The maximum Gasteiger partial charge on any atom is 0.263 e. The highest BCUT2D eigenvalue weighted by Gasteiger charge is 2.16. The number of rotatable bonds is 6. The van der Waals surface area contributed by atoms with E-state index in [9.17, 15) is 4.79 Å². The van der Waals surface area contributed by atoms with Crippen molar-refractivity contribution < 1.29 is 4.79 Å². The molecule has 5 rings (SSSR count). The largest absolute Gasteiger partial charge is 0.340 e. The number of hydrogen-bond acceptors (Lipinski definition) is 6. The van der Waals surface area contributed by atoms with Crippen LogP contribution in [-0.4, -0.2) is 44.1 Å². The molecule has 0 saturated carbocycles. The number of nitrogens with zero attached hydrogens (tertiary/aromatic N) is 4. The molecule has 0 radical (unpaired) electrons. The van der Waals surface area contributed by atoms with Crippen LogP contribution in [0.15, 0.2) is 60.9 Å². The zero-order chi connectivity index (χ0) is 22.1. The van der Waals surface area contributed by atoms with Crippen molar-refractivity contribution in [3.05, 3.63) is 65.8 Å². The Hall–Kier alpha value is -3.78. The minimum atomic E-state index is 0.0785. The van der Waals surface area contributed by atoms with Crippen molar-refractivity contribution in [2.75, 3.05) is 18.4 Å². The summed E-state index contributed by atoms with van der Waals surface area (Å²) in [5.41, 5.74) is 2.83. The van der Waals surface area contributed by atoms with Crippen LogP contribution in [0.5, 0.6) is 0 Å². The molecule has 160 valence electrons. The molecule has 1 amide bonds. The number of aromatic amines is 1. The van der Waals surface area contributed by atoms with Crippen LogP contribution >= 0.6 is 11.3 Å². The Kier molecular flexibility index (Phi) is 5.28. The van der Waals surface area contributed by atoms with Crippen LogP contribution in [0, 0.1) is 0 Å². The van der Waals surface area contributed by atoms with Crippen LogP contribution in [-0.2, 0) is 0 Å². The average molecular weight is 443 g/mol. The van der Waals surface area contributed by atoms with E-state index in [1.807, 2.05) is 61.2 Å². The highest BCUT2D eigenvalue weighted by atomic mass is 32.1. The lowest BCUT2D eigenvalue weighted by atomic mass is 10.1. The van der Waals surface area contributed by atoms with Crippen molar-refractivity contribution in [3.8, 4) is 11.4 Å². The van der Waals surface area contributed by atoms with Crippen LogP contribution in [0.3, 0.4) is 0 Å². The Balaban J connectivity index is 1.42. The van der Waals surface area contributed by atoms with Crippen molar-refractivity contribution >= 4 is 49.7 Å². The molecule has 3 aromatic heterocycles. The van der Waals surface area contributed by atoms with Crippen molar-refractivity contribution in [1.29, 1.82) is 0 Å². The van der Waals surface area contributed by atoms with Gasteiger partial charge in [0.15, 0.2) is 5.82 Å². The summed E-state index contributed by atoms with van der Waals surface area (Å²) in [6.45, 7) is 5.41. The number of amides is 1. The van der Waals surface area contributed by atoms with E-state index >= 15 is 0 Å². The van der Waals surface area contributed by atoms with Gasteiger partial charge < -0.3 is 10.2 Å². The van der Waals surface area contributed by atoms with Crippen molar-refractivity contribution in [2.24, 2.45) is 0 Å². The Morgan fingerprint density at radius 3 is 2.78 bits per heavy atom. The maximum atomic E-state index is 12.7. The first-order chi connectivity index (χ1) is 15.6. The molecule has 0 spiro atoms. The van der Waals surface area contributed by atoms with E-state index in [2.05, 4.69) is 26.6 Å². The predicted molar refractivity (Wildman–Crippen MR) is 129 cm³/mol. The van der Waals surface area contributed by atoms with Crippen molar-refractivity contribution in [3.63, 3.8) is 0 Å². The second-order valence-electron chi connectivity index (χ2n) is 7.40. The Morgan fingerprint density at radius 1 is 1.06 bits per heavy atom. The molecule has 0 aliphatic rings. The lowest BCUT2D eigenvalue weighted by Crippen LogP contribution is -2.29. The number of H-pyrrole nitrogens is 1. The molecule has 32 heavy (non-hydrogen) atoms. The highest BCUT2D eigenvalue weighted by Crippen LogP contribution is 2.30. The van der Waals surface area contributed by atoms with Gasteiger partial charge in [-0.15, -0.1) is 11.3 Å². The molecule has 2 aromatic carbocycles. The third-order valence-electron chi connectivity index (χ3n) is 5.41. The predicted octanol–water partition coefficient (Wildman–Crippen LogP) is 5.46. The van der Waals surface area contributed by atoms with Gasteiger partial charge in [0, 0.05) is 40.6 Å². The molecule has 0 aliphatic heterocycles. The lowest BCUT2D eigenvalue weighted by molar-refractivity contribution is 0.0778. The molecule has 2 N–H and O–H groups in total. The summed E-state index contributed by atoms with van der Waals surface area (Å²) < 4.78 is 1.05. The van der Waals surface area contributed by atoms with Gasteiger partial charge in [-0.25, -0.2) is 9.97 Å². The molecule has 0 unspecified atom stereocenters. The van der Waals surface area contributed by atoms with Gasteiger partial charge in [0.1, 0.15) is 5.82 Å². The van der Waals surface area contributed by atoms with Gasteiger partial charge in [0.05, 0.1) is 16.6 Å². The normalized spacial score (nSPS) is 11.2. The summed E-state index contributed by atoms with van der Waals surface area (Å²) in [5, 5.41) is 12.4. The molecule has 8 heteroatoms. The maximum absolute atomic E-state index is 12.7. The summed E-state index contributed by atoms with van der Waals surface area (Å²) in [4.78, 5) is 24.5. The molecule has 5 aromatic rings. The van der Waals surface area contributed by atoms with Crippen LogP contribution in [0.25, 0.3) is 32.4 Å². The zero-order valence-electron chi connectivity index (χ0n) is 17.8. The van der Waals surface area contributed by atoms with E-state index in [4.69, 9.17) is 4.98 Å². The van der Waals surface area contributed by atoms with Gasteiger partial charge >= 0.3 is 0 Å². The number of anilines is 2. The zero-order valence-corrected chi connectivity index (χ0v) is 18.6. The number of benzene rings is 2. The van der Waals surface area contributed by atoms with Gasteiger partial charge in [0.2, 0.25) is 0 Å².